The van der Waals surface area contributed by atoms with Gasteiger partial charge in [-0.3, -0.25) is 0 Å². The molecule has 3 nitrogen and oxygen atoms in total. The lowest BCUT2D eigenvalue weighted by molar-refractivity contribution is -0.363. The minimum absolute atomic E-state index is 0.480. The SMILES string of the molecule is CCCCn1c2ccccc2c2cc(C#CC3=C(C)C4=C(c5ccccc5)c5c(C)c(-c6ccccc6)c(C)n5[B-](F)(F)[N+]4=C3C)ccc21. The molecule has 2 aliphatic rings. The van der Waals surface area contributed by atoms with Crippen molar-refractivity contribution in [3.63, 3.8) is 0 Å². The molecule has 2 aromatic heterocycles. The van der Waals surface area contributed by atoms with E-state index < -0.39 is 6.97 Å². The van der Waals surface area contributed by atoms with Crippen LogP contribution in [0.3, 0.4) is 0 Å². The normalized spacial score (nSPS) is 15.2. The monoisotopic (exact) mass is 645 g/mol. The van der Waals surface area contributed by atoms with Gasteiger partial charge in [0.15, 0.2) is 5.70 Å². The number of rotatable bonds is 5. The van der Waals surface area contributed by atoms with Gasteiger partial charge in [0, 0.05) is 57.7 Å². The van der Waals surface area contributed by atoms with Gasteiger partial charge in [-0.25, -0.2) is 0 Å². The lowest BCUT2D eigenvalue weighted by Crippen LogP contribution is -2.51. The van der Waals surface area contributed by atoms with Gasteiger partial charge in [0.2, 0.25) is 0 Å². The first kappa shape index (κ1) is 30.9. The average Bonchev–Trinajstić information content (AvgIpc) is 3.67. The van der Waals surface area contributed by atoms with Gasteiger partial charge < -0.3 is 22.2 Å². The molecule has 0 N–H and O–H groups in total. The van der Waals surface area contributed by atoms with Crippen LogP contribution in [-0.4, -0.2) is 26.2 Å². The quantitative estimate of drug-likeness (QED) is 0.131. The van der Waals surface area contributed by atoms with Gasteiger partial charge in [-0.1, -0.05) is 104 Å². The first-order valence-corrected chi connectivity index (χ1v) is 17.2. The number of para-hydroxylation sites is 1. The summed E-state index contributed by atoms with van der Waals surface area (Å²) in [6.45, 7) is 6.49. The van der Waals surface area contributed by atoms with Gasteiger partial charge in [0.1, 0.15) is 5.71 Å². The van der Waals surface area contributed by atoms with Gasteiger partial charge in [-0.05, 0) is 73.8 Å². The molecule has 0 saturated carbocycles. The Hall–Kier alpha value is -5.41. The zero-order chi connectivity index (χ0) is 34.0. The maximum absolute atomic E-state index is 17.2. The van der Waals surface area contributed by atoms with Crippen LogP contribution < -0.4 is 0 Å². The van der Waals surface area contributed by atoms with Crippen LogP contribution in [0.4, 0.5) is 8.63 Å². The van der Waals surface area contributed by atoms with E-state index in [2.05, 4.69) is 65.8 Å². The number of allylic oxidation sites excluding steroid dienone is 2. The van der Waals surface area contributed by atoms with Gasteiger partial charge in [0.25, 0.3) is 0 Å². The fourth-order valence-electron chi connectivity index (χ4n) is 8.25. The van der Waals surface area contributed by atoms with Crippen LogP contribution in [0, 0.1) is 25.7 Å². The molecule has 4 aromatic carbocycles. The highest BCUT2D eigenvalue weighted by atomic mass is 19.2. The summed E-state index contributed by atoms with van der Waals surface area (Å²) in [6, 6.07) is 34.7. The number of unbranched alkanes of at least 4 members (excludes halogenated alkanes) is 1. The van der Waals surface area contributed by atoms with Crippen LogP contribution in [-0.2, 0) is 6.54 Å². The van der Waals surface area contributed by atoms with Crippen molar-refractivity contribution in [3.05, 3.63) is 148 Å². The Morgan fingerprint density at radius 3 is 2.10 bits per heavy atom. The summed E-state index contributed by atoms with van der Waals surface area (Å²) < 4.78 is 39.4. The first-order chi connectivity index (χ1) is 23.7. The van der Waals surface area contributed by atoms with Gasteiger partial charge in [-0.2, -0.15) is 0 Å². The van der Waals surface area contributed by atoms with E-state index in [1.165, 1.54) is 25.4 Å². The summed E-state index contributed by atoms with van der Waals surface area (Å²) in [4.78, 5) is 0. The Labute approximate surface area is 286 Å². The molecule has 0 saturated heterocycles. The molecule has 0 bridgehead atoms. The van der Waals surface area contributed by atoms with Crippen LogP contribution >= 0.6 is 0 Å². The molecule has 49 heavy (non-hydrogen) atoms. The Morgan fingerprint density at radius 1 is 0.735 bits per heavy atom. The molecular weight excluding hydrogens is 607 g/mol. The Kier molecular flexibility index (Phi) is 7.34. The van der Waals surface area contributed by atoms with Crippen molar-refractivity contribution in [1.29, 1.82) is 0 Å². The van der Waals surface area contributed by atoms with Crippen LogP contribution in [0.15, 0.2) is 120 Å². The number of hydrogen-bond acceptors (Lipinski definition) is 0. The van der Waals surface area contributed by atoms with Crippen LogP contribution in [0.25, 0.3) is 38.5 Å². The van der Waals surface area contributed by atoms with E-state index in [0.717, 1.165) is 63.7 Å². The standard InChI is InChI=1S/C43H38BF2N3/c1-6-7-26-47-38-21-15-14-20-36(38)37-27-32(23-25-39(37)47)22-24-35-28(2)42-41(34-18-12-9-13-19-34)43-29(3)40(33-16-10-8-11-17-33)31(5)49(43)44(45,46)48(42)30(35)4/h8-21,23,25,27H,6-7,26H2,1-5H3. The zero-order valence-electron chi connectivity index (χ0n) is 28.6. The second kappa shape index (κ2) is 11.6. The molecule has 6 heteroatoms. The van der Waals surface area contributed by atoms with Crippen molar-refractivity contribution in [1.82, 2.24) is 9.05 Å². The molecule has 0 unspecified atom stereocenters. The van der Waals surface area contributed by atoms with Gasteiger partial charge in [-0.15, -0.1) is 0 Å². The van der Waals surface area contributed by atoms with E-state index in [0.29, 0.717) is 28.4 Å². The molecule has 0 atom stereocenters. The van der Waals surface area contributed by atoms with Crippen LogP contribution in [0.5, 0.6) is 0 Å². The minimum atomic E-state index is -4.22. The second-order valence-corrected chi connectivity index (χ2v) is 13.3. The Morgan fingerprint density at radius 2 is 1.39 bits per heavy atom. The largest absolute Gasteiger partial charge is 0.737 e. The summed E-state index contributed by atoms with van der Waals surface area (Å²) in [6.07, 6.45) is 2.23. The highest BCUT2D eigenvalue weighted by Gasteiger charge is 2.57. The number of fused-ring (bicyclic) bond motifs is 5. The summed E-state index contributed by atoms with van der Waals surface area (Å²) >= 11 is 0. The molecule has 8 rings (SSSR count). The van der Waals surface area contributed by atoms with Crippen molar-refractivity contribution >= 4 is 40.1 Å². The van der Waals surface area contributed by atoms with Gasteiger partial charge >= 0.3 is 6.97 Å². The summed E-state index contributed by atoms with van der Waals surface area (Å²) in [5, 5.41) is 2.37. The van der Waals surface area contributed by atoms with E-state index in [1.807, 2.05) is 81.4 Å². The van der Waals surface area contributed by atoms with E-state index in [4.69, 9.17) is 0 Å². The van der Waals surface area contributed by atoms with Crippen molar-refractivity contribution in [2.75, 3.05) is 0 Å². The predicted octanol–water partition coefficient (Wildman–Crippen LogP) is 10.5. The number of benzene rings is 4. The molecule has 0 radical (unpaired) electrons. The second-order valence-electron chi connectivity index (χ2n) is 13.3. The number of halogens is 2. The van der Waals surface area contributed by atoms with Crippen molar-refractivity contribution in [2.45, 2.75) is 54.0 Å². The number of nitrogens with zero attached hydrogens (tertiary/aromatic N) is 3. The van der Waals surface area contributed by atoms with Crippen molar-refractivity contribution < 1.29 is 13.1 Å². The summed E-state index contributed by atoms with van der Waals surface area (Å²) in [7, 11) is 0. The number of aromatic nitrogens is 2. The van der Waals surface area contributed by atoms with E-state index in [1.54, 1.807) is 6.92 Å². The lowest BCUT2D eigenvalue weighted by atomic mass is 9.83. The van der Waals surface area contributed by atoms with Crippen LogP contribution in [0.2, 0.25) is 0 Å². The van der Waals surface area contributed by atoms with Crippen LogP contribution in [0.1, 0.15) is 61.7 Å². The molecule has 0 fully saturated rings. The van der Waals surface area contributed by atoms with Crippen molar-refractivity contribution in [3.8, 4) is 23.0 Å². The number of hydrogen-bond donors (Lipinski definition) is 0. The maximum Gasteiger partial charge on any atom is 0.737 e. The average molecular weight is 646 g/mol. The Balaban J connectivity index is 1.33. The highest BCUT2D eigenvalue weighted by Crippen LogP contribution is 2.48. The minimum Gasteiger partial charge on any atom is -0.393 e. The third-order valence-electron chi connectivity index (χ3n) is 10.4. The third kappa shape index (κ3) is 4.60. The van der Waals surface area contributed by atoms with Crippen molar-refractivity contribution in [2.24, 2.45) is 0 Å². The van der Waals surface area contributed by atoms with E-state index in [9.17, 15) is 0 Å². The zero-order valence-corrected chi connectivity index (χ0v) is 28.6. The smallest absolute Gasteiger partial charge is 0.393 e. The molecule has 0 spiro atoms. The topological polar surface area (TPSA) is 12.9 Å². The predicted molar refractivity (Wildman–Crippen MR) is 200 cm³/mol. The highest BCUT2D eigenvalue weighted by molar-refractivity contribution is 6.58. The molecule has 0 aliphatic carbocycles. The lowest BCUT2D eigenvalue weighted by Gasteiger charge is -2.33. The summed E-state index contributed by atoms with van der Waals surface area (Å²) in [5.41, 5.74) is 11.2. The first-order valence-electron chi connectivity index (χ1n) is 17.2. The number of aryl methyl sites for hydroxylation is 1. The maximum atomic E-state index is 17.2. The molecular formula is C43H38BF2N3. The molecule has 6 aromatic rings. The molecule has 4 heterocycles. The molecule has 0 amide bonds. The fourth-order valence-corrected chi connectivity index (χ4v) is 8.25. The molecule has 242 valence electrons. The molecule has 2 aliphatic heterocycles. The summed E-state index contributed by atoms with van der Waals surface area (Å²) in [5.74, 6) is 6.76. The van der Waals surface area contributed by atoms with Gasteiger partial charge in [0.05, 0.1) is 11.1 Å². The van der Waals surface area contributed by atoms with E-state index in [-0.39, 0.29) is 0 Å². The Bertz CT molecular complexity index is 2480. The third-order valence-corrected chi connectivity index (χ3v) is 10.4. The fraction of sp³-hybridized carbons (Fsp3) is 0.186. The van der Waals surface area contributed by atoms with E-state index >= 15 is 8.63 Å².